The average Bonchev–Trinajstić information content (AvgIpc) is 2.72. The van der Waals surface area contributed by atoms with Crippen LogP contribution >= 0.6 is 0 Å². The molecule has 8 heteroatoms. The van der Waals surface area contributed by atoms with Crippen molar-refractivity contribution < 1.29 is 19.2 Å². The van der Waals surface area contributed by atoms with E-state index in [4.69, 9.17) is 4.74 Å². The summed E-state index contributed by atoms with van der Waals surface area (Å²) in [6, 6.07) is 11.4. The largest absolute Gasteiger partial charge is 0.497 e. The minimum Gasteiger partial charge on any atom is -0.497 e. The monoisotopic (exact) mass is 383 g/mol. The zero-order valence-electron chi connectivity index (χ0n) is 15.8. The molecule has 1 heterocycles. The number of hydrogen-bond acceptors (Lipinski definition) is 5. The van der Waals surface area contributed by atoms with Gasteiger partial charge in [0.1, 0.15) is 11.3 Å². The lowest BCUT2D eigenvalue weighted by Gasteiger charge is -2.34. The van der Waals surface area contributed by atoms with E-state index >= 15 is 0 Å². The lowest BCUT2D eigenvalue weighted by Crippen LogP contribution is -2.50. The van der Waals surface area contributed by atoms with Crippen molar-refractivity contribution in [1.82, 2.24) is 9.80 Å². The Kier molecular flexibility index (Phi) is 5.58. The van der Waals surface area contributed by atoms with Gasteiger partial charge in [-0.25, -0.2) is 0 Å². The molecule has 2 aromatic carbocycles. The SMILES string of the molecule is COc1ccc([N+](=O)[O-])c(C(=O)N2CCN(C(=O)c3ccc(C)cc3)CC2)c1. The van der Waals surface area contributed by atoms with Crippen molar-refractivity contribution in [3.8, 4) is 5.75 Å². The minimum atomic E-state index is -0.580. The quantitative estimate of drug-likeness (QED) is 0.597. The molecular weight excluding hydrogens is 362 g/mol. The molecule has 8 nitrogen and oxygen atoms in total. The summed E-state index contributed by atoms with van der Waals surface area (Å²) in [6.45, 7) is 3.32. The molecule has 0 aromatic heterocycles. The third-order valence-electron chi connectivity index (χ3n) is 4.78. The number of nitro groups is 1. The Balaban J connectivity index is 1.71. The fourth-order valence-corrected chi connectivity index (χ4v) is 3.13. The number of carbonyl (C=O) groups excluding carboxylic acids is 2. The van der Waals surface area contributed by atoms with Gasteiger partial charge in [-0.1, -0.05) is 17.7 Å². The number of rotatable bonds is 4. The molecule has 1 aliphatic heterocycles. The van der Waals surface area contributed by atoms with Crippen LogP contribution in [0.2, 0.25) is 0 Å². The topological polar surface area (TPSA) is 93.0 Å². The van der Waals surface area contributed by atoms with E-state index < -0.39 is 10.8 Å². The zero-order chi connectivity index (χ0) is 20.3. The first-order valence-corrected chi connectivity index (χ1v) is 8.88. The number of nitro benzene ring substituents is 1. The van der Waals surface area contributed by atoms with Gasteiger partial charge in [-0.05, 0) is 31.2 Å². The van der Waals surface area contributed by atoms with E-state index in [1.807, 2.05) is 19.1 Å². The van der Waals surface area contributed by atoms with E-state index in [1.165, 1.54) is 30.2 Å². The summed E-state index contributed by atoms with van der Waals surface area (Å²) < 4.78 is 5.09. The number of benzene rings is 2. The number of carbonyl (C=O) groups is 2. The second-order valence-electron chi connectivity index (χ2n) is 6.59. The van der Waals surface area contributed by atoms with Crippen molar-refractivity contribution in [3.05, 3.63) is 69.3 Å². The van der Waals surface area contributed by atoms with Gasteiger partial charge < -0.3 is 14.5 Å². The average molecular weight is 383 g/mol. The molecular formula is C20H21N3O5. The summed E-state index contributed by atoms with van der Waals surface area (Å²) in [5.74, 6) is -0.144. The third kappa shape index (κ3) is 3.95. The number of aryl methyl sites for hydroxylation is 1. The molecule has 1 fully saturated rings. The second-order valence-corrected chi connectivity index (χ2v) is 6.59. The van der Waals surface area contributed by atoms with Crippen molar-refractivity contribution in [2.45, 2.75) is 6.92 Å². The van der Waals surface area contributed by atoms with Crippen LogP contribution in [0, 0.1) is 17.0 Å². The maximum absolute atomic E-state index is 12.8. The molecule has 0 atom stereocenters. The Morgan fingerprint density at radius 3 is 2.07 bits per heavy atom. The minimum absolute atomic E-state index is 0.0114. The summed E-state index contributed by atoms with van der Waals surface area (Å²) in [7, 11) is 1.44. The Morgan fingerprint density at radius 1 is 0.964 bits per heavy atom. The first kappa shape index (κ1) is 19.3. The summed E-state index contributed by atoms with van der Waals surface area (Å²) in [6.07, 6.45) is 0. The van der Waals surface area contributed by atoms with Crippen LogP contribution in [0.15, 0.2) is 42.5 Å². The summed E-state index contributed by atoms with van der Waals surface area (Å²) in [5, 5.41) is 11.3. The third-order valence-corrected chi connectivity index (χ3v) is 4.78. The first-order valence-electron chi connectivity index (χ1n) is 8.88. The molecule has 0 aliphatic carbocycles. The van der Waals surface area contributed by atoms with Crippen LogP contribution in [0.3, 0.4) is 0 Å². The number of methoxy groups -OCH3 is 1. The van der Waals surface area contributed by atoms with Crippen LogP contribution in [0.5, 0.6) is 5.75 Å². The highest BCUT2D eigenvalue weighted by Crippen LogP contribution is 2.26. The van der Waals surface area contributed by atoms with Gasteiger partial charge in [0, 0.05) is 37.8 Å². The van der Waals surface area contributed by atoms with Crippen LogP contribution in [0.1, 0.15) is 26.3 Å². The standard InChI is InChI=1S/C20H21N3O5/c1-14-3-5-15(6-4-14)19(24)21-9-11-22(12-10-21)20(25)17-13-16(28-2)7-8-18(17)23(26)27/h3-8,13H,9-12H2,1-2H3. The molecule has 0 spiro atoms. The lowest BCUT2D eigenvalue weighted by atomic mass is 10.1. The number of piperazine rings is 1. The molecule has 146 valence electrons. The molecule has 28 heavy (non-hydrogen) atoms. The summed E-state index contributed by atoms with van der Waals surface area (Å²) in [5.41, 5.74) is 1.41. The highest BCUT2D eigenvalue weighted by Gasteiger charge is 2.29. The molecule has 3 rings (SSSR count). The highest BCUT2D eigenvalue weighted by molar-refractivity contribution is 5.99. The van der Waals surface area contributed by atoms with Crippen molar-refractivity contribution in [2.24, 2.45) is 0 Å². The summed E-state index contributed by atoms with van der Waals surface area (Å²) in [4.78, 5) is 39.4. The predicted molar refractivity (Wildman–Crippen MR) is 103 cm³/mol. The Bertz CT molecular complexity index is 903. The Morgan fingerprint density at radius 2 is 1.54 bits per heavy atom. The van der Waals surface area contributed by atoms with E-state index in [1.54, 1.807) is 17.0 Å². The fraction of sp³-hybridized carbons (Fsp3) is 0.300. The van der Waals surface area contributed by atoms with Crippen molar-refractivity contribution in [2.75, 3.05) is 33.3 Å². The smallest absolute Gasteiger partial charge is 0.282 e. The van der Waals surface area contributed by atoms with Crippen LogP contribution in [0.4, 0.5) is 5.69 Å². The molecule has 2 amide bonds. The Hall–Kier alpha value is -3.42. The maximum Gasteiger partial charge on any atom is 0.282 e. The van der Waals surface area contributed by atoms with Gasteiger partial charge in [0.15, 0.2) is 0 Å². The lowest BCUT2D eigenvalue weighted by molar-refractivity contribution is -0.385. The van der Waals surface area contributed by atoms with Gasteiger partial charge in [-0.15, -0.1) is 0 Å². The zero-order valence-corrected chi connectivity index (χ0v) is 15.8. The van der Waals surface area contributed by atoms with E-state index in [-0.39, 0.29) is 17.2 Å². The molecule has 0 bridgehead atoms. The predicted octanol–water partition coefficient (Wildman–Crippen LogP) is 2.51. The van der Waals surface area contributed by atoms with Gasteiger partial charge in [0.05, 0.1) is 12.0 Å². The van der Waals surface area contributed by atoms with Crippen LogP contribution < -0.4 is 4.74 Å². The molecule has 1 saturated heterocycles. The number of nitrogens with zero attached hydrogens (tertiary/aromatic N) is 3. The number of hydrogen-bond donors (Lipinski definition) is 0. The highest BCUT2D eigenvalue weighted by atomic mass is 16.6. The second kappa shape index (κ2) is 8.08. The molecule has 0 saturated carbocycles. The van der Waals surface area contributed by atoms with Crippen molar-refractivity contribution in [3.63, 3.8) is 0 Å². The van der Waals surface area contributed by atoms with Crippen LogP contribution in [-0.2, 0) is 0 Å². The maximum atomic E-state index is 12.8. The number of amides is 2. The molecule has 0 N–H and O–H groups in total. The molecule has 2 aromatic rings. The number of ether oxygens (including phenoxy) is 1. The van der Waals surface area contributed by atoms with Gasteiger partial charge >= 0.3 is 0 Å². The van der Waals surface area contributed by atoms with Crippen molar-refractivity contribution in [1.29, 1.82) is 0 Å². The van der Waals surface area contributed by atoms with Crippen LogP contribution in [0.25, 0.3) is 0 Å². The molecule has 0 unspecified atom stereocenters. The van der Waals surface area contributed by atoms with E-state index in [2.05, 4.69) is 0 Å². The summed E-state index contributed by atoms with van der Waals surface area (Å²) >= 11 is 0. The first-order chi connectivity index (χ1) is 13.4. The fourth-order valence-electron chi connectivity index (χ4n) is 3.13. The van der Waals surface area contributed by atoms with Crippen LogP contribution in [-0.4, -0.2) is 59.8 Å². The van der Waals surface area contributed by atoms with Gasteiger partial charge in [0.25, 0.3) is 17.5 Å². The van der Waals surface area contributed by atoms with E-state index in [0.29, 0.717) is 37.5 Å². The molecule has 0 radical (unpaired) electrons. The molecule has 1 aliphatic rings. The normalized spacial score (nSPS) is 13.9. The van der Waals surface area contributed by atoms with E-state index in [0.717, 1.165) is 5.56 Å². The van der Waals surface area contributed by atoms with Crippen molar-refractivity contribution >= 4 is 17.5 Å². The van der Waals surface area contributed by atoms with E-state index in [9.17, 15) is 19.7 Å². The Labute approximate surface area is 162 Å². The van der Waals surface area contributed by atoms with Gasteiger partial charge in [-0.3, -0.25) is 19.7 Å². The van der Waals surface area contributed by atoms with Gasteiger partial charge in [-0.2, -0.15) is 0 Å². The van der Waals surface area contributed by atoms with Gasteiger partial charge in [0.2, 0.25) is 0 Å².